The Bertz CT molecular complexity index is 604. The molecule has 0 unspecified atom stereocenters. The van der Waals surface area contributed by atoms with Crippen LogP contribution in [-0.2, 0) is 4.29 Å². The number of hydrogen-bond donors (Lipinski definition) is 0. The van der Waals surface area contributed by atoms with Crippen molar-refractivity contribution in [1.29, 1.82) is 0 Å². The molecule has 2 aromatic rings. The third-order valence-corrected chi connectivity index (χ3v) is 2.42. The summed E-state index contributed by atoms with van der Waals surface area (Å²) in [6.45, 7) is 0. The normalized spacial score (nSPS) is 10.2. The Morgan fingerprint density at radius 1 is 1.28 bits per heavy atom. The molecule has 0 radical (unpaired) electrons. The second-order valence-corrected chi connectivity index (χ2v) is 3.54. The van der Waals surface area contributed by atoms with Crippen molar-refractivity contribution in [3.8, 4) is 11.3 Å². The number of pyridine rings is 1. The highest BCUT2D eigenvalue weighted by atomic mass is 35.5. The van der Waals surface area contributed by atoms with Gasteiger partial charge in [0.2, 0.25) is 0 Å². The second kappa shape index (κ2) is 5.10. The minimum absolute atomic E-state index is 0.00184. The molecule has 2 rings (SSSR count). The first-order chi connectivity index (χ1) is 8.63. The van der Waals surface area contributed by atoms with Crippen LogP contribution in [0.3, 0.4) is 0 Å². The molecule has 0 aliphatic carbocycles. The van der Waals surface area contributed by atoms with Crippen molar-refractivity contribution in [3.63, 3.8) is 0 Å². The molecule has 0 bridgehead atoms. The summed E-state index contributed by atoms with van der Waals surface area (Å²) >= 11 is 4.98. The Morgan fingerprint density at radius 3 is 2.72 bits per heavy atom. The number of aromatic nitrogens is 1. The van der Waals surface area contributed by atoms with Crippen LogP contribution in [-0.4, -0.2) is 11.0 Å². The number of carbonyl (C=O) groups excluding carboxylic acids is 1. The van der Waals surface area contributed by atoms with Crippen LogP contribution in [0.1, 0.15) is 10.4 Å². The largest absolute Gasteiger partial charge is 0.358 e. The van der Waals surface area contributed by atoms with E-state index < -0.39 is 17.6 Å². The smallest absolute Gasteiger partial charge is 0.343 e. The number of nitrogens with zero attached hydrogens (tertiary/aromatic N) is 1. The Morgan fingerprint density at radius 2 is 2.06 bits per heavy atom. The van der Waals surface area contributed by atoms with Crippen molar-refractivity contribution >= 4 is 17.8 Å². The predicted octanol–water partition coefficient (Wildman–Crippen LogP) is 3.34. The van der Waals surface area contributed by atoms with Gasteiger partial charge in [0.15, 0.2) is 0 Å². The van der Waals surface area contributed by atoms with Gasteiger partial charge in [-0.2, -0.15) is 0 Å². The SMILES string of the molecule is O=C(OCl)c1cccnc1-c1ccc(F)cc1F. The van der Waals surface area contributed by atoms with E-state index in [1.165, 1.54) is 24.4 Å². The molecule has 0 N–H and O–H groups in total. The molecule has 1 aromatic carbocycles. The monoisotopic (exact) mass is 269 g/mol. The average molecular weight is 270 g/mol. The molecule has 0 saturated carbocycles. The molecule has 1 aromatic heterocycles. The van der Waals surface area contributed by atoms with E-state index in [1.54, 1.807) is 0 Å². The standard InChI is InChI=1S/C12H6ClF2NO2/c13-18-12(17)9-2-1-5-16-11(9)8-4-3-7(14)6-10(8)15/h1-6H. The van der Waals surface area contributed by atoms with Crippen LogP contribution in [0, 0.1) is 11.6 Å². The van der Waals surface area contributed by atoms with E-state index in [2.05, 4.69) is 9.27 Å². The summed E-state index contributed by atoms with van der Waals surface area (Å²) in [6.07, 6.45) is 1.38. The number of rotatable bonds is 2. The Labute approximate surface area is 106 Å². The summed E-state index contributed by atoms with van der Waals surface area (Å²) < 4.78 is 30.5. The highest BCUT2D eigenvalue weighted by molar-refractivity contribution is 6.16. The van der Waals surface area contributed by atoms with Crippen LogP contribution in [0.5, 0.6) is 0 Å². The maximum absolute atomic E-state index is 13.6. The van der Waals surface area contributed by atoms with Crippen molar-refractivity contribution in [2.45, 2.75) is 0 Å². The molecule has 3 nitrogen and oxygen atoms in total. The molecule has 0 fully saturated rings. The van der Waals surface area contributed by atoms with Crippen molar-refractivity contribution in [2.24, 2.45) is 0 Å². The lowest BCUT2D eigenvalue weighted by atomic mass is 10.1. The maximum atomic E-state index is 13.6. The molecule has 18 heavy (non-hydrogen) atoms. The van der Waals surface area contributed by atoms with E-state index in [0.717, 1.165) is 6.07 Å². The third-order valence-electron chi connectivity index (χ3n) is 2.28. The van der Waals surface area contributed by atoms with Gasteiger partial charge in [0.25, 0.3) is 0 Å². The van der Waals surface area contributed by atoms with Crippen molar-refractivity contribution in [3.05, 3.63) is 53.7 Å². The number of hydrogen-bond acceptors (Lipinski definition) is 3. The van der Waals surface area contributed by atoms with Gasteiger partial charge >= 0.3 is 5.97 Å². The fourth-order valence-electron chi connectivity index (χ4n) is 1.51. The second-order valence-electron chi connectivity index (χ2n) is 3.39. The van der Waals surface area contributed by atoms with Gasteiger partial charge in [-0.05, 0) is 24.3 Å². The molecule has 6 heteroatoms. The molecular formula is C12H6ClF2NO2. The van der Waals surface area contributed by atoms with Gasteiger partial charge < -0.3 is 4.29 Å². The van der Waals surface area contributed by atoms with Crippen LogP contribution in [0.2, 0.25) is 0 Å². The van der Waals surface area contributed by atoms with E-state index in [1.807, 2.05) is 0 Å². The molecule has 92 valence electrons. The van der Waals surface area contributed by atoms with Gasteiger partial charge in [-0.15, -0.1) is 0 Å². The summed E-state index contributed by atoms with van der Waals surface area (Å²) in [4.78, 5) is 15.3. The Hall–Kier alpha value is -2.01. The number of halogens is 3. The zero-order valence-electron chi connectivity index (χ0n) is 8.86. The zero-order valence-corrected chi connectivity index (χ0v) is 9.62. The van der Waals surface area contributed by atoms with Gasteiger partial charge in [-0.25, -0.2) is 13.6 Å². The van der Waals surface area contributed by atoms with Gasteiger partial charge in [-0.1, -0.05) is 0 Å². The first-order valence-corrected chi connectivity index (χ1v) is 5.17. The summed E-state index contributed by atoms with van der Waals surface area (Å²) in [7, 11) is 0. The molecule has 1 heterocycles. The summed E-state index contributed by atoms with van der Waals surface area (Å²) in [5, 5.41) is 0. The van der Waals surface area contributed by atoms with E-state index in [9.17, 15) is 13.6 Å². The maximum Gasteiger partial charge on any atom is 0.358 e. The highest BCUT2D eigenvalue weighted by Gasteiger charge is 2.17. The lowest BCUT2D eigenvalue weighted by Crippen LogP contribution is -2.03. The quantitative estimate of drug-likeness (QED) is 0.839. The van der Waals surface area contributed by atoms with Gasteiger partial charge in [0, 0.05) is 17.8 Å². The minimum Gasteiger partial charge on any atom is -0.343 e. The van der Waals surface area contributed by atoms with Crippen LogP contribution in [0.4, 0.5) is 8.78 Å². The van der Waals surface area contributed by atoms with Crippen molar-refractivity contribution < 1.29 is 17.9 Å². The summed E-state index contributed by atoms with van der Waals surface area (Å²) in [6, 6.07) is 5.84. The minimum atomic E-state index is -0.858. The van der Waals surface area contributed by atoms with Crippen molar-refractivity contribution in [1.82, 2.24) is 4.98 Å². The molecule has 0 saturated heterocycles. The summed E-state index contributed by atoms with van der Waals surface area (Å²) in [5.41, 5.74) is 0.0349. The van der Waals surface area contributed by atoms with E-state index in [-0.39, 0.29) is 16.8 Å². The Kier molecular flexibility index (Phi) is 3.53. The van der Waals surface area contributed by atoms with Crippen LogP contribution in [0.25, 0.3) is 11.3 Å². The first-order valence-electron chi connectivity index (χ1n) is 4.87. The lowest BCUT2D eigenvalue weighted by molar-refractivity contribution is 0.0752. The van der Waals surface area contributed by atoms with Crippen LogP contribution >= 0.6 is 11.9 Å². The highest BCUT2D eigenvalue weighted by Crippen LogP contribution is 2.25. The van der Waals surface area contributed by atoms with Gasteiger partial charge in [0.1, 0.15) is 23.5 Å². The fraction of sp³-hybridized carbons (Fsp3) is 0. The van der Waals surface area contributed by atoms with E-state index in [4.69, 9.17) is 11.9 Å². The van der Waals surface area contributed by atoms with Gasteiger partial charge in [-0.3, -0.25) is 4.98 Å². The van der Waals surface area contributed by atoms with Gasteiger partial charge in [0.05, 0.1) is 11.3 Å². The Balaban J connectivity index is 2.60. The molecule has 0 aliphatic heterocycles. The average Bonchev–Trinajstić information content (AvgIpc) is 2.38. The molecule has 0 atom stereocenters. The predicted molar refractivity (Wildman–Crippen MR) is 60.9 cm³/mol. The molecule has 0 aliphatic rings. The lowest BCUT2D eigenvalue weighted by Gasteiger charge is -2.06. The van der Waals surface area contributed by atoms with Crippen LogP contribution in [0.15, 0.2) is 36.5 Å². The zero-order chi connectivity index (χ0) is 13.1. The van der Waals surface area contributed by atoms with E-state index in [0.29, 0.717) is 6.07 Å². The summed E-state index contributed by atoms with van der Waals surface area (Å²) in [5.74, 6) is -2.39. The van der Waals surface area contributed by atoms with Crippen LogP contribution < -0.4 is 0 Å². The van der Waals surface area contributed by atoms with Crippen molar-refractivity contribution in [2.75, 3.05) is 0 Å². The molecule has 0 amide bonds. The van der Waals surface area contributed by atoms with E-state index >= 15 is 0 Å². The number of carbonyl (C=O) groups is 1. The first kappa shape index (κ1) is 12.4. The third kappa shape index (κ3) is 2.31. The fourth-order valence-corrected chi connectivity index (χ4v) is 1.59. The molecule has 0 spiro atoms. The topological polar surface area (TPSA) is 39.2 Å². The molecular weight excluding hydrogens is 264 g/mol. The number of benzene rings is 1.